The lowest BCUT2D eigenvalue weighted by Gasteiger charge is -2.18. The minimum atomic E-state index is -0.681. The van der Waals surface area contributed by atoms with E-state index in [1.807, 2.05) is 38.1 Å². The van der Waals surface area contributed by atoms with Crippen molar-refractivity contribution in [3.8, 4) is 11.5 Å². The zero-order valence-corrected chi connectivity index (χ0v) is 19.7. The standard InChI is InChI=1S/C28H34N2O3/c1-4-12-33-27-11-10-22(15-21-8-6-5-7-9-21)16-23(27)18-30-28(32)26(29)17-25-19(2)13-24(31)14-20(25)3/h5-11,13-14,16,26,31H,4,12,15,17-18,29H2,1-3H3,(H,30,32)/t26-/m0/s1. The monoisotopic (exact) mass is 446 g/mol. The molecule has 0 aliphatic carbocycles. The Bertz CT molecular complexity index is 1060. The number of aromatic hydroxyl groups is 1. The highest BCUT2D eigenvalue weighted by molar-refractivity contribution is 5.82. The van der Waals surface area contributed by atoms with Gasteiger partial charge < -0.3 is 20.9 Å². The number of hydrogen-bond acceptors (Lipinski definition) is 4. The molecule has 0 fully saturated rings. The van der Waals surface area contributed by atoms with Crippen LogP contribution in [-0.2, 0) is 24.2 Å². The molecule has 1 amide bonds. The van der Waals surface area contributed by atoms with Crippen molar-refractivity contribution in [2.75, 3.05) is 6.61 Å². The molecule has 0 aromatic heterocycles. The van der Waals surface area contributed by atoms with Crippen molar-refractivity contribution in [1.29, 1.82) is 0 Å². The van der Waals surface area contributed by atoms with Crippen molar-refractivity contribution in [2.24, 2.45) is 5.73 Å². The quantitative estimate of drug-likeness (QED) is 0.426. The summed E-state index contributed by atoms with van der Waals surface area (Å²) in [5.74, 6) is 0.798. The first kappa shape index (κ1) is 24.3. The number of hydrogen-bond donors (Lipinski definition) is 3. The second kappa shape index (κ2) is 11.5. The van der Waals surface area contributed by atoms with Crippen LogP contribution >= 0.6 is 0 Å². The Labute approximate surface area is 196 Å². The van der Waals surface area contributed by atoms with Gasteiger partial charge in [0.2, 0.25) is 5.91 Å². The molecule has 0 saturated heterocycles. The first-order chi connectivity index (χ1) is 15.9. The first-order valence-electron chi connectivity index (χ1n) is 11.5. The smallest absolute Gasteiger partial charge is 0.237 e. The maximum atomic E-state index is 12.8. The van der Waals surface area contributed by atoms with Crippen LogP contribution in [0.2, 0.25) is 0 Å². The van der Waals surface area contributed by atoms with Gasteiger partial charge in [-0.1, -0.05) is 43.3 Å². The highest BCUT2D eigenvalue weighted by Gasteiger charge is 2.18. The summed E-state index contributed by atoms with van der Waals surface area (Å²) in [5, 5.41) is 12.7. The van der Waals surface area contributed by atoms with E-state index in [1.54, 1.807) is 12.1 Å². The van der Waals surface area contributed by atoms with E-state index in [-0.39, 0.29) is 11.7 Å². The summed E-state index contributed by atoms with van der Waals surface area (Å²) in [5.41, 5.74) is 12.4. The lowest BCUT2D eigenvalue weighted by molar-refractivity contribution is -0.122. The minimum absolute atomic E-state index is 0.211. The van der Waals surface area contributed by atoms with Crippen LogP contribution in [0.4, 0.5) is 0 Å². The van der Waals surface area contributed by atoms with Crippen LogP contribution < -0.4 is 15.8 Å². The second-order valence-electron chi connectivity index (χ2n) is 8.54. The van der Waals surface area contributed by atoms with Crippen LogP contribution in [0.15, 0.2) is 60.7 Å². The summed E-state index contributed by atoms with van der Waals surface area (Å²) < 4.78 is 5.92. The Morgan fingerprint density at radius 3 is 2.39 bits per heavy atom. The van der Waals surface area contributed by atoms with Crippen molar-refractivity contribution >= 4 is 5.91 Å². The third-order valence-electron chi connectivity index (χ3n) is 5.73. The first-order valence-corrected chi connectivity index (χ1v) is 11.5. The van der Waals surface area contributed by atoms with E-state index in [9.17, 15) is 9.90 Å². The van der Waals surface area contributed by atoms with Gasteiger partial charge in [-0.2, -0.15) is 0 Å². The summed E-state index contributed by atoms with van der Waals surface area (Å²) in [7, 11) is 0. The molecule has 33 heavy (non-hydrogen) atoms. The van der Waals surface area contributed by atoms with E-state index in [0.717, 1.165) is 46.4 Å². The Hall–Kier alpha value is -3.31. The number of amides is 1. The Morgan fingerprint density at radius 1 is 1.03 bits per heavy atom. The number of nitrogens with two attached hydrogens (primary N) is 1. The number of rotatable bonds is 10. The van der Waals surface area contributed by atoms with Gasteiger partial charge in [0.25, 0.3) is 0 Å². The normalized spacial score (nSPS) is 11.8. The Balaban J connectivity index is 1.70. The molecule has 0 heterocycles. The lowest BCUT2D eigenvalue weighted by atomic mass is 9.96. The Morgan fingerprint density at radius 2 is 1.73 bits per heavy atom. The van der Waals surface area contributed by atoms with Gasteiger partial charge in [0.15, 0.2) is 0 Å². The predicted octanol–water partition coefficient (Wildman–Crippen LogP) is 4.57. The molecule has 5 heteroatoms. The number of carbonyl (C=O) groups is 1. The highest BCUT2D eigenvalue weighted by atomic mass is 16.5. The van der Waals surface area contributed by atoms with E-state index in [0.29, 0.717) is 19.6 Å². The molecule has 3 rings (SSSR count). The van der Waals surface area contributed by atoms with E-state index < -0.39 is 6.04 Å². The van der Waals surface area contributed by atoms with Gasteiger partial charge in [0, 0.05) is 12.1 Å². The van der Waals surface area contributed by atoms with E-state index in [1.165, 1.54) is 5.56 Å². The molecule has 0 aliphatic rings. The van der Waals surface area contributed by atoms with Gasteiger partial charge in [0.1, 0.15) is 11.5 Å². The summed E-state index contributed by atoms with van der Waals surface area (Å²) in [6.45, 7) is 6.88. The molecule has 3 aromatic carbocycles. The lowest BCUT2D eigenvalue weighted by Crippen LogP contribution is -2.42. The van der Waals surface area contributed by atoms with Crippen LogP contribution in [0.5, 0.6) is 11.5 Å². The number of benzene rings is 3. The molecule has 0 unspecified atom stereocenters. The maximum Gasteiger partial charge on any atom is 0.237 e. The third kappa shape index (κ3) is 6.83. The topological polar surface area (TPSA) is 84.6 Å². The number of carbonyl (C=O) groups excluding carboxylic acids is 1. The van der Waals surface area contributed by atoms with E-state index >= 15 is 0 Å². The molecule has 4 N–H and O–H groups in total. The van der Waals surface area contributed by atoms with Gasteiger partial charge >= 0.3 is 0 Å². The van der Waals surface area contributed by atoms with E-state index in [4.69, 9.17) is 10.5 Å². The molecule has 174 valence electrons. The average molecular weight is 447 g/mol. The largest absolute Gasteiger partial charge is 0.508 e. The fourth-order valence-corrected chi connectivity index (χ4v) is 3.98. The fourth-order valence-electron chi connectivity index (χ4n) is 3.98. The van der Waals surface area contributed by atoms with Crippen molar-refractivity contribution in [3.05, 3.63) is 94.0 Å². The summed E-state index contributed by atoms with van der Waals surface area (Å²) in [6.07, 6.45) is 2.14. The molecular formula is C28H34N2O3. The molecule has 1 atom stereocenters. The van der Waals surface area contributed by atoms with Gasteiger partial charge in [-0.3, -0.25) is 4.79 Å². The van der Waals surface area contributed by atoms with Gasteiger partial charge in [-0.05, 0) is 85.2 Å². The van der Waals surface area contributed by atoms with Crippen molar-refractivity contribution in [1.82, 2.24) is 5.32 Å². The molecule has 0 bridgehead atoms. The van der Waals surface area contributed by atoms with Gasteiger partial charge in [0.05, 0.1) is 12.6 Å². The molecule has 3 aromatic rings. The fraction of sp³-hybridized carbons (Fsp3) is 0.321. The molecular weight excluding hydrogens is 412 g/mol. The third-order valence-corrected chi connectivity index (χ3v) is 5.73. The predicted molar refractivity (Wildman–Crippen MR) is 133 cm³/mol. The SMILES string of the molecule is CCCOc1ccc(Cc2ccccc2)cc1CNC(=O)[C@@H](N)Cc1c(C)cc(O)cc1C. The maximum absolute atomic E-state index is 12.8. The molecule has 5 nitrogen and oxygen atoms in total. The number of nitrogens with one attached hydrogen (secondary N) is 1. The number of phenolic OH excluding ortho intramolecular Hbond substituents is 1. The van der Waals surface area contributed by atoms with Crippen LogP contribution in [0.25, 0.3) is 0 Å². The van der Waals surface area contributed by atoms with Crippen molar-refractivity contribution in [3.63, 3.8) is 0 Å². The van der Waals surface area contributed by atoms with Crippen molar-refractivity contribution in [2.45, 2.75) is 52.6 Å². The Kier molecular flexibility index (Phi) is 8.50. The highest BCUT2D eigenvalue weighted by Crippen LogP contribution is 2.24. The van der Waals surface area contributed by atoms with Crippen LogP contribution in [0.3, 0.4) is 0 Å². The summed E-state index contributed by atoms with van der Waals surface area (Å²) >= 11 is 0. The molecule has 0 radical (unpaired) electrons. The number of ether oxygens (including phenoxy) is 1. The van der Waals surface area contributed by atoms with Crippen LogP contribution in [0.1, 0.15) is 46.7 Å². The molecule has 0 saturated carbocycles. The minimum Gasteiger partial charge on any atom is -0.508 e. The number of aryl methyl sites for hydroxylation is 2. The molecule has 0 aliphatic heterocycles. The van der Waals surface area contributed by atoms with Gasteiger partial charge in [-0.15, -0.1) is 0 Å². The number of phenols is 1. The average Bonchev–Trinajstić information content (AvgIpc) is 2.79. The van der Waals surface area contributed by atoms with Crippen LogP contribution in [-0.4, -0.2) is 23.7 Å². The summed E-state index contributed by atoms with van der Waals surface area (Å²) in [4.78, 5) is 12.8. The molecule has 0 spiro atoms. The summed E-state index contributed by atoms with van der Waals surface area (Å²) in [6, 6.07) is 19.2. The zero-order chi connectivity index (χ0) is 23.8. The van der Waals surface area contributed by atoms with Gasteiger partial charge in [-0.25, -0.2) is 0 Å². The van der Waals surface area contributed by atoms with Crippen molar-refractivity contribution < 1.29 is 14.6 Å². The van der Waals surface area contributed by atoms with E-state index in [2.05, 4.69) is 36.5 Å². The zero-order valence-electron chi connectivity index (χ0n) is 19.7. The van der Waals surface area contributed by atoms with Crippen LogP contribution in [0, 0.1) is 13.8 Å². The second-order valence-corrected chi connectivity index (χ2v) is 8.54.